The highest BCUT2D eigenvalue weighted by molar-refractivity contribution is 5.85. The minimum absolute atomic E-state index is 0.0591. The molecule has 25 heavy (non-hydrogen) atoms. The zero-order valence-electron chi connectivity index (χ0n) is 14.2. The maximum atomic E-state index is 12.6. The van der Waals surface area contributed by atoms with Gasteiger partial charge in [-0.05, 0) is 11.1 Å². The Bertz CT molecular complexity index is 641. The van der Waals surface area contributed by atoms with Gasteiger partial charge in [-0.3, -0.25) is 14.4 Å². The van der Waals surface area contributed by atoms with E-state index in [0.717, 1.165) is 11.1 Å². The first-order valence-electron chi connectivity index (χ1n) is 8.41. The van der Waals surface area contributed by atoms with Gasteiger partial charge in [0.1, 0.15) is 5.78 Å². The van der Waals surface area contributed by atoms with Crippen LogP contribution in [0, 0.1) is 0 Å². The molecule has 2 aromatic carbocycles. The number of benzene rings is 2. The van der Waals surface area contributed by atoms with Crippen LogP contribution in [0.15, 0.2) is 60.7 Å². The van der Waals surface area contributed by atoms with Crippen molar-refractivity contribution in [1.29, 1.82) is 0 Å². The monoisotopic (exact) mass is 336 g/mol. The van der Waals surface area contributed by atoms with Gasteiger partial charge in [0.05, 0.1) is 0 Å². The Morgan fingerprint density at radius 1 is 0.760 bits per heavy atom. The first kappa shape index (κ1) is 18.6. The van der Waals surface area contributed by atoms with Crippen molar-refractivity contribution in [3.8, 4) is 0 Å². The third-order valence-electron chi connectivity index (χ3n) is 3.91. The molecule has 0 saturated carbocycles. The zero-order chi connectivity index (χ0) is 17.9. The fourth-order valence-electron chi connectivity index (χ4n) is 2.56. The lowest BCUT2D eigenvalue weighted by Crippen LogP contribution is -2.30. The van der Waals surface area contributed by atoms with Gasteiger partial charge < -0.3 is 4.90 Å². The summed E-state index contributed by atoms with van der Waals surface area (Å²) in [5, 5.41) is 0. The molecule has 129 valence electrons. The summed E-state index contributed by atoms with van der Waals surface area (Å²) >= 11 is 0. The standard InChI is InChI=1S/C21H22NO3/c23-15-7-12-20(24)13-14-21(25)22(16-18-8-3-1-4-9-18)17-19-10-5-2-6-11-19/h1-6,8-11H,7,12-14,16-17H2. The lowest BCUT2D eigenvalue weighted by Gasteiger charge is -2.23. The lowest BCUT2D eigenvalue weighted by atomic mass is 10.1. The maximum Gasteiger partial charge on any atom is 0.223 e. The number of nitrogens with zero attached hydrogens (tertiary/aromatic N) is 1. The van der Waals surface area contributed by atoms with Crippen molar-refractivity contribution in [2.75, 3.05) is 0 Å². The average molecular weight is 336 g/mol. The second-order valence-electron chi connectivity index (χ2n) is 5.90. The smallest absolute Gasteiger partial charge is 0.223 e. The number of carbonyl (C=O) groups excluding carboxylic acids is 3. The molecule has 0 N–H and O–H groups in total. The van der Waals surface area contributed by atoms with Crippen molar-refractivity contribution in [2.45, 2.75) is 38.8 Å². The SMILES string of the molecule is O=[C]CCC(=O)CCC(=O)N(Cc1ccccc1)Cc1ccccc1. The third-order valence-corrected chi connectivity index (χ3v) is 3.91. The highest BCUT2D eigenvalue weighted by atomic mass is 16.2. The summed E-state index contributed by atoms with van der Waals surface area (Å²) in [6.07, 6.45) is 2.30. The molecule has 0 heterocycles. The Hall–Kier alpha value is -2.75. The van der Waals surface area contributed by atoms with E-state index in [1.807, 2.05) is 60.7 Å². The Balaban J connectivity index is 2.01. The summed E-state index contributed by atoms with van der Waals surface area (Å²) in [5.74, 6) is -0.132. The van der Waals surface area contributed by atoms with E-state index in [0.29, 0.717) is 13.1 Å². The fraction of sp³-hybridized carbons (Fsp3) is 0.286. The molecular formula is C21H22NO3. The highest BCUT2D eigenvalue weighted by Gasteiger charge is 2.16. The van der Waals surface area contributed by atoms with E-state index in [9.17, 15) is 14.4 Å². The number of Topliss-reactive ketones (excluding diaryl/α,β-unsaturated/α-hetero) is 1. The molecule has 0 saturated heterocycles. The van der Waals surface area contributed by atoms with Crippen molar-refractivity contribution < 1.29 is 14.4 Å². The third kappa shape index (κ3) is 6.71. The molecule has 0 atom stereocenters. The van der Waals surface area contributed by atoms with E-state index < -0.39 is 0 Å². The molecule has 2 aromatic rings. The van der Waals surface area contributed by atoms with Gasteiger partial charge in [-0.2, -0.15) is 0 Å². The molecule has 0 bridgehead atoms. The first-order chi connectivity index (χ1) is 12.2. The van der Waals surface area contributed by atoms with Crippen LogP contribution in [-0.4, -0.2) is 22.9 Å². The average Bonchev–Trinajstić information content (AvgIpc) is 2.65. The minimum atomic E-state index is -0.0731. The molecule has 4 heteroatoms. The Morgan fingerprint density at radius 2 is 1.28 bits per heavy atom. The van der Waals surface area contributed by atoms with E-state index in [1.165, 1.54) is 0 Å². The topological polar surface area (TPSA) is 54.5 Å². The molecule has 0 fully saturated rings. The number of hydrogen-bond donors (Lipinski definition) is 0. The van der Waals surface area contributed by atoms with Crippen molar-refractivity contribution in [3.63, 3.8) is 0 Å². The Labute approximate surface area is 148 Å². The zero-order valence-corrected chi connectivity index (χ0v) is 14.2. The number of ketones is 1. The van der Waals surface area contributed by atoms with Crippen molar-refractivity contribution in [2.24, 2.45) is 0 Å². The van der Waals surface area contributed by atoms with E-state index in [2.05, 4.69) is 0 Å². The predicted octanol–water partition coefficient (Wildman–Crippen LogP) is 3.45. The summed E-state index contributed by atoms with van der Waals surface area (Å²) in [7, 11) is 0. The van der Waals surface area contributed by atoms with Crippen LogP contribution in [0.2, 0.25) is 0 Å². The van der Waals surface area contributed by atoms with Gasteiger partial charge in [0.15, 0.2) is 6.29 Å². The molecule has 0 unspecified atom stereocenters. The van der Waals surface area contributed by atoms with Crippen LogP contribution in [0.3, 0.4) is 0 Å². The Morgan fingerprint density at radius 3 is 1.76 bits per heavy atom. The number of carbonyl (C=O) groups is 2. The molecule has 1 amide bonds. The van der Waals surface area contributed by atoms with Crippen molar-refractivity contribution in [1.82, 2.24) is 4.90 Å². The molecule has 1 radical (unpaired) electrons. The highest BCUT2D eigenvalue weighted by Crippen LogP contribution is 2.13. The van der Waals surface area contributed by atoms with Crippen molar-refractivity contribution in [3.05, 3.63) is 71.8 Å². The molecular weight excluding hydrogens is 314 g/mol. The first-order valence-corrected chi connectivity index (χ1v) is 8.41. The molecule has 0 aliphatic rings. The summed E-state index contributed by atoms with van der Waals surface area (Å²) in [5.41, 5.74) is 2.10. The quantitative estimate of drug-likeness (QED) is 0.668. The van der Waals surface area contributed by atoms with E-state index in [4.69, 9.17) is 0 Å². The number of amides is 1. The summed E-state index contributed by atoms with van der Waals surface area (Å²) < 4.78 is 0. The van der Waals surface area contributed by atoms with Crippen LogP contribution in [0.25, 0.3) is 0 Å². The molecule has 4 nitrogen and oxygen atoms in total. The van der Waals surface area contributed by atoms with Gasteiger partial charge in [0, 0.05) is 38.8 Å². The van der Waals surface area contributed by atoms with E-state index in [-0.39, 0.29) is 37.4 Å². The van der Waals surface area contributed by atoms with Crippen LogP contribution in [0.4, 0.5) is 0 Å². The molecule has 0 spiro atoms. The van der Waals surface area contributed by atoms with E-state index >= 15 is 0 Å². The van der Waals surface area contributed by atoms with Crippen LogP contribution in [-0.2, 0) is 27.5 Å². The number of rotatable bonds is 10. The van der Waals surface area contributed by atoms with Crippen molar-refractivity contribution >= 4 is 18.0 Å². The molecule has 2 rings (SSSR count). The maximum absolute atomic E-state index is 12.6. The summed E-state index contributed by atoms with van der Waals surface area (Å²) in [6, 6.07) is 19.6. The van der Waals surface area contributed by atoms with Crippen LogP contribution in [0.1, 0.15) is 36.8 Å². The molecule has 0 aliphatic heterocycles. The van der Waals surface area contributed by atoms with Gasteiger partial charge in [0.25, 0.3) is 0 Å². The summed E-state index contributed by atoms with van der Waals surface area (Å²) in [4.78, 5) is 36.3. The second-order valence-corrected chi connectivity index (χ2v) is 5.90. The normalized spacial score (nSPS) is 10.2. The fourth-order valence-corrected chi connectivity index (χ4v) is 2.56. The van der Waals surface area contributed by atoms with Crippen LogP contribution >= 0.6 is 0 Å². The van der Waals surface area contributed by atoms with Crippen LogP contribution in [0.5, 0.6) is 0 Å². The minimum Gasteiger partial charge on any atom is -0.334 e. The number of hydrogen-bond acceptors (Lipinski definition) is 3. The lowest BCUT2D eigenvalue weighted by molar-refractivity contribution is -0.134. The second kappa shape index (κ2) is 10.2. The van der Waals surface area contributed by atoms with Gasteiger partial charge in [-0.25, -0.2) is 0 Å². The van der Waals surface area contributed by atoms with Crippen LogP contribution < -0.4 is 0 Å². The van der Waals surface area contributed by atoms with Gasteiger partial charge in [-0.15, -0.1) is 0 Å². The summed E-state index contributed by atoms with van der Waals surface area (Å²) in [6.45, 7) is 1.01. The van der Waals surface area contributed by atoms with Gasteiger partial charge >= 0.3 is 0 Å². The molecule has 0 aromatic heterocycles. The predicted molar refractivity (Wildman–Crippen MR) is 96.3 cm³/mol. The van der Waals surface area contributed by atoms with E-state index in [1.54, 1.807) is 11.2 Å². The van der Waals surface area contributed by atoms with Gasteiger partial charge in [-0.1, -0.05) is 60.7 Å². The van der Waals surface area contributed by atoms with Gasteiger partial charge in [0.2, 0.25) is 5.91 Å². The molecule has 0 aliphatic carbocycles. The largest absolute Gasteiger partial charge is 0.334 e. The Kier molecular flexibility index (Phi) is 7.57.